The van der Waals surface area contributed by atoms with Crippen LogP contribution in [0, 0.1) is 6.92 Å². The van der Waals surface area contributed by atoms with Crippen LogP contribution in [0.2, 0.25) is 0 Å². The lowest BCUT2D eigenvalue weighted by Gasteiger charge is -2.18. The van der Waals surface area contributed by atoms with Gasteiger partial charge in [-0.15, -0.1) is 0 Å². The van der Waals surface area contributed by atoms with Gasteiger partial charge < -0.3 is 14.2 Å². The standard InChI is InChI=1S/C13H19O3/c1-5-11-12(14-4)8-7-9-13(11)16-10(3)15-6-2/h7-10H,1,5-6H2,2-4H3. The third kappa shape index (κ3) is 3.14. The highest BCUT2D eigenvalue weighted by atomic mass is 16.7. The first-order valence-electron chi connectivity index (χ1n) is 5.46. The molecule has 3 heteroatoms. The van der Waals surface area contributed by atoms with E-state index >= 15 is 0 Å². The van der Waals surface area contributed by atoms with Crippen molar-refractivity contribution in [3.8, 4) is 11.5 Å². The van der Waals surface area contributed by atoms with Crippen LogP contribution in [-0.4, -0.2) is 20.0 Å². The molecule has 0 saturated heterocycles. The normalized spacial score (nSPS) is 12.2. The minimum Gasteiger partial charge on any atom is -0.496 e. The third-order valence-electron chi connectivity index (χ3n) is 2.25. The van der Waals surface area contributed by atoms with Gasteiger partial charge in [-0.1, -0.05) is 6.07 Å². The van der Waals surface area contributed by atoms with Crippen molar-refractivity contribution in [1.82, 2.24) is 0 Å². The molecule has 0 aliphatic heterocycles. The highest BCUT2D eigenvalue weighted by Crippen LogP contribution is 2.29. The molecule has 0 aliphatic rings. The molecule has 0 bridgehead atoms. The van der Waals surface area contributed by atoms with E-state index in [1.165, 1.54) is 0 Å². The lowest BCUT2D eigenvalue weighted by atomic mass is 10.1. The molecule has 0 saturated carbocycles. The molecule has 1 aromatic carbocycles. The molecule has 3 nitrogen and oxygen atoms in total. The van der Waals surface area contributed by atoms with Gasteiger partial charge in [0, 0.05) is 12.2 Å². The number of methoxy groups -OCH3 is 1. The van der Waals surface area contributed by atoms with E-state index in [9.17, 15) is 0 Å². The average molecular weight is 223 g/mol. The molecule has 1 unspecified atom stereocenters. The van der Waals surface area contributed by atoms with Gasteiger partial charge >= 0.3 is 0 Å². The zero-order valence-corrected chi connectivity index (χ0v) is 10.2. The van der Waals surface area contributed by atoms with Crippen LogP contribution in [0.3, 0.4) is 0 Å². The maximum Gasteiger partial charge on any atom is 0.196 e. The molecular formula is C13H19O3. The SMILES string of the molecule is [CH2]Cc1c(OC)cccc1OC(C)OCC. The summed E-state index contributed by atoms with van der Waals surface area (Å²) in [6, 6.07) is 5.70. The summed E-state index contributed by atoms with van der Waals surface area (Å²) in [6.45, 7) is 8.32. The van der Waals surface area contributed by atoms with Crippen LogP contribution in [0.25, 0.3) is 0 Å². The summed E-state index contributed by atoms with van der Waals surface area (Å²) in [4.78, 5) is 0. The van der Waals surface area contributed by atoms with Gasteiger partial charge in [0.2, 0.25) is 0 Å². The second-order valence-corrected chi connectivity index (χ2v) is 3.33. The van der Waals surface area contributed by atoms with Crippen molar-refractivity contribution >= 4 is 0 Å². The second kappa shape index (κ2) is 6.38. The first-order valence-corrected chi connectivity index (χ1v) is 5.46. The molecule has 0 fully saturated rings. The van der Waals surface area contributed by atoms with Gasteiger partial charge in [-0.2, -0.15) is 0 Å². The summed E-state index contributed by atoms with van der Waals surface area (Å²) in [7, 11) is 1.64. The summed E-state index contributed by atoms with van der Waals surface area (Å²) in [6.07, 6.45) is 0.362. The Labute approximate surface area is 97.3 Å². The minimum atomic E-state index is -0.262. The zero-order valence-electron chi connectivity index (χ0n) is 10.2. The van der Waals surface area contributed by atoms with Crippen molar-refractivity contribution in [2.45, 2.75) is 26.6 Å². The van der Waals surface area contributed by atoms with Crippen LogP contribution in [0.1, 0.15) is 19.4 Å². The molecule has 1 rings (SSSR count). The Morgan fingerprint density at radius 3 is 2.56 bits per heavy atom. The van der Waals surface area contributed by atoms with Crippen molar-refractivity contribution in [3.63, 3.8) is 0 Å². The van der Waals surface area contributed by atoms with Gasteiger partial charge in [0.15, 0.2) is 6.29 Å². The summed E-state index contributed by atoms with van der Waals surface area (Å²) in [5.74, 6) is 1.58. The van der Waals surface area contributed by atoms with Crippen LogP contribution < -0.4 is 9.47 Å². The van der Waals surface area contributed by atoms with Gasteiger partial charge in [-0.25, -0.2) is 0 Å². The number of hydrogen-bond donors (Lipinski definition) is 0. The smallest absolute Gasteiger partial charge is 0.196 e. The van der Waals surface area contributed by atoms with E-state index in [0.29, 0.717) is 13.0 Å². The molecule has 0 aromatic heterocycles. The van der Waals surface area contributed by atoms with Crippen molar-refractivity contribution < 1.29 is 14.2 Å². The van der Waals surface area contributed by atoms with Gasteiger partial charge in [0.25, 0.3) is 0 Å². The van der Waals surface area contributed by atoms with Crippen LogP contribution >= 0.6 is 0 Å². The fraction of sp³-hybridized carbons (Fsp3) is 0.462. The summed E-state index contributed by atoms with van der Waals surface area (Å²) >= 11 is 0. The van der Waals surface area contributed by atoms with Crippen LogP contribution in [0.15, 0.2) is 18.2 Å². The largest absolute Gasteiger partial charge is 0.496 e. The average Bonchev–Trinajstić information content (AvgIpc) is 2.29. The number of rotatable bonds is 6. The maximum atomic E-state index is 5.68. The van der Waals surface area contributed by atoms with E-state index in [2.05, 4.69) is 6.92 Å². The Morgan fingerprint density at radius 1 is 1.31 bits per heavy atom. The van der Waals surface area contributed by atoms with E-state index < -0.39 is 0 Å². The molecule has 0 heterocycles. The van der Waals surface area contributed by atoms with Gasteiger partial charge in [-0.3, -0.25) is 0 Å². The lowest BCUT2D eigenvalue weighted by molar-refractivity contribution is -0.0618. The molecule has 16 heavy (non-hydrogen) atoms. The lowest BCUT2D eigenvalue weighted by Crippen LogP contribution is -2.16. The first-order chi connectivity index (χ1) is 7.72. The van der Waals surface area contributed by atoms with Crippen molar-refractivity contribution in [1.29, 1.82) is 0 Å². The highest BCUT2D eigenvalue weighted by molar-refractivity contribution is 5.45. The fourth-order valence-electron chi connectivity index (χ4n) is 1.54. The minimum absolute atomic E-state index is 0.262. The molecule has 0 N–H and O–H groups in total. The number of ether oxygens (including phenoxy) is 3. The monoisotopic (exact) mass is 223 g/mol. The third-order valence-corrected chi connectivity index (χ3v) is 2.25. The summed E-state index contributed by atoms with van der Waals surface area (Å²) in [5.41, 5.74) is 0.969. The predicted molar refractivity (Wildman–Crippen MR) is 63.8 cm³/mol. The predicted octanol–water partition coefficient (Wildman–Crippen LogP) is 2.83. The Bertz CT molecular complexity index is 323. The van der Waals surface area contributed by atoms with Gasteiger partial charge in [0.1, 0.15) is 11.5 Å². The van der Waals surface area contributed by atoms with Gasteiger partial charge in [-0.05, 0) is 39.3 Å². The second-order valence-electron chi connectivity index (χ2n) is 3.33. The number of hydrogen-bond acceptors (Lipinski definition) is 3. The quantitative estimate of drug-likeness (QED) is 0.694. The van der Waals surface area contributed by atoms with E-state index in [4.69, 9.17) is 14.2 Å². The molecule has 1 aromatic rings. The molecule has 1 atom stereocenters. The Kier molecular flexibility index (Phi) is 5.12. The van der Waals surface area contributed by atoms with Crippen LogP contribution in [-0.2, 0) is 11.2 Å². The van der Waals surface area contributed by atoms with Gasteiger partial charge in [0.05, 0.1) is 7.11 Å². The molecule has 0 aliphatic carbocycles. The fourth-order valence-corrected chi connectivity index (χ4v) is 1.54. The van der Waals surface area contributed by atoms with Crippen LogP contribution in [0.4, 0.5) is 0 Å². The Balaban J connectivity index is 2.86. The van der Waals surface area contributed by atoms with Crippen LogP contribution in [0.5, 0.6) is 11.5 Å². The van der Waals surface area contributed by atoms with E-state index in [0.717, 1.165) is 17.1 Å². The summed E-state index contributed by atoms with van der Waals surface area (Å²) < 4.78 is 16.3. The number of benzene rings is 1. The van der Waals surface area contributed by atoms with E-state index in [1.807, 2.05) is 32.0 Å². The maximum absolute atomic E-state index is 5.68. The molecule has 1 radical (unpaired) electrons. The van der Waals surface area contributed by atoms with Crippen molar-refractivity contribution in [2.75, 3.05) is 13.7 Å². The molecule has 0 spiro atoms. The topological polar surface area (TPSA) is 27.7 Å². The Hall–Kier alpha value is -1.22. The highest BCUT2D eigenvalue weighted by Gasteiger charge is 2.11. The van der Waals surface area contributed by atoms with E-state index in [-0.39, 0.29) is 6.29 Å². The summed E-state index contributed by atoms with van der Waals surface area (Å²) in [5, 5.41) is 0. The first kappa shape index (κ1) is 12.8. The molecular weight excluding hydrogens is 204 g/mol. The Morgan fingerprint density at radius 2 is 2.00 bits per heavy atom. The molecule has 0 amide bonds. The van der Waals surface area contributed by atoms with E-state index in [1.54, 1.807) is 7.11 Å². The molecule has 89 valence electrons. The van der Waals surface area contributed by atoms with Crippen molar-refractivity contribution in [2.24, 2.45) is 0 Å². The van der Waals surface area contributed by atoms with Crippen molar-refractivity contribution in [3.05, 3.63) is 30.7 Å². The zero-order chi connectivity index (χ0) is 12.0.